The van der Waals surface area contributed by atoms with Gasteiger partial charge in [0.1, 0.15) is 6.04 Å². The maximum atomic E-state index is 12.5. The van der Waals surface area contributed by atoms with Crippen LogP contribution in [0.1, 0.15) is 31.0 Å². The van der Waals surface area contributed by atoms with Gasteiger partial charge < -0.3 is 15.0 Å². The number of hydrogen-bond acceptors (Lipinski definition) is 4. The van der Waals surface area contributed by atoms with Crippen molar-refractivity contribution < 1.29 is 14.3 Å². The number of aromatic nitrogens is 2. The molecular weight excluding hydrogens is 284 g/mol. The third-order valence-corrected chi connectivity index (χ3v) is 4.47. The first-order valence-corrected chi connectivity index (χ1v) is 7.78. The largest absolute Gasteiger partial charge is 0.383 e. The van der Waals surface area contributed by atoms with Crippen molar-refractivity contribution >= 4 is 11.8 Å². The van der Waals surface area contributed by atoms with Gasteiger partial charge in [0.25, 0.3) is 0 Å². The molecule has 1 aromatic rings. The van der Waals surface area contributed by atoms with Gasteiger partial charge in [-0.2, -0.15) is 5.10 Å². The van der Waals surface area contributed by atoms with Gasteiger partial charge >= 0.3 is 0 Å². The molecule has 1 aliphatic heterocycles. The maximum Gasteiger partial charge on any atom is 0.246 e. The predicted octanol–water partition coefficient (Wildman–Crippen LogP) is 0.329. The number of amides is 2. The minimum absolute atomic E-state index is 0.117. The highest BCUT2D eigenvalue weighted by Crippen LogP contribution is 2.31. The van der Waals surface area contributed by atoms with Gasteiger partial charge in [0.05, 0.1) is 25.4 Å². The Bertz CT molecular complexity index is 553. The summed E-state index contributed by atoms with van der Waals surface area (Å²) in [5.74, 6) is 0.202. The summed E-state index contributed by atoms with van der Waals surface area (Å²) < 4.78 is 6.67. The van der Waals surface area contributed by atoms with Crippen molar-refractivity contribution in [3.05, 3.63) is 18.0 Å². The van der Waals surface area contributed by atoms with E-state index in [1.807, 2.05) is 6.07 Å². The number of methoxy groups -OCH3 is 1. The zero-order valence-electron chi connectivity index (χ0n) is 12.8. The average molecular weight is 306 g/mol. The summed E-state index contributed by atoms with van der Waals surface area (Å²) >= 11 is 0. The Labute approximate surface area is 129 Å². The van der Waals surface area contributed by atoms with Crippen LogP contribution in [0.5, 0.6) is 0 Å². The Morgan fingerprint density at radius 1 is 1.45 bits per heavy atom. The zero-order chi connectivity index (χ0) is 15.5. The molecule has 1 aliphatic carbocycles. The van der Waals surface area contributed by atoms with E-state index < -0.39 is 6.04 Å². The van der Waals surface area contributed by atoms with Gasteiger partial charge in [-0.3, -0.25) is 14.3 Å². The van der Waals surface area contributed by atoms with Gasteiger partial charge in [0.15, 0.2) is 0 Å². The predicted molar refractivity (Wildman–Crippen MR) is 78.9 cm³/mol. The third-order valence-electron chi connectivity index (χ3n) is 4.47. The second-order valence-corrected chi connectivity index (χ2v) is 5.91. The van der Waals surface area contributed by atoms with Crippen LogP contribution < -0.4 is 5.32 Å². The number of nitrogens with one attached hydrogen (secondary N) is 1. The number of ether oxygens (including phenoxy) is 1. The molecule has 2 amide bonds. The number of nitrogens with zero attached hydrogens (tertiary/aromatic N) is 3. The van der Waals surface area contributed by atoms with E-state index >= 15 is 0 Å². The number of rotatable bonds is 5. The molecule has 0 radical (unpaired) electrons. The van der Waals surface area contributed by atoms with E-state index in [2.05, 4.69) is 10.4 Å². The topological polar surface area (TPSA) is 76.5 Å². The van der Waals surface area contributed by atoms with Crippen molar-refractivity contribution in [2.24, 2.45) is 5.92 Å². The van der Waals surface area contributed by atoms with Crippen LogP contribution in [0.25, 0.3) is 0 Å². The number of carbonyl (C=O) groups is 2. The molecule has 2 heterocycles. The van der Waals surface area contributed by atoms with Crippen LogP contribution in [-0.4, -0.2) is 53.3 Å². The standard InChI is InChI=1S/C15H22N4O3/c1-22-8-7-16-14(20)13-10-18(15(21)11-3-2-4-11)9-12-5-6-17-19(12)13/h5-6,11,13H,2-4,7-10H2,1H3,(H,16,20)/t13-/m1/s1. The molecule has 1 fully saturated rings. The van der Waals surface area contributed by atoms with Gasteiger partial charge in [-0.15, -0.1) is 0 Å². The first kappa shape index (κ1) is 15.0. The quantitative estimate of drug-likeness (QED) is 0.795. The monoisotopic (exact) mass is 306 g/mol. The number of hydrogen-bond donors (Lipinski definition) is 1. The van der Waals surface area contributed by atoms with E-state index in [-0.39, 0.29) is 17.7 Å². The van der Waals surface area contributed by atoms with E-state index in [1.54, 1.807) is 22.9 Å². The Balaban J connectivity index is 1.71. The van der Waals surface area contributed by atoms with E-state index in [0.29, 0.717) is 26.2 Å². The average Bonchev–Trinajstić information content (AvgIpc) is 2.92. The van der Waals surface area contributed by atoms with Crippen LogP contribution >= 0.6 is 0 Å². The summed E-state index contributed by atoms with van der Waals surface area (Å²) in [6, 6.07) is 1.41. The molecule has 0 spiro atoms. The van der Waals surface area contributed by atoms with Gasteiger partial charge in [0, 0.05) is 25.8 Å². The minimum Gasteiger partial charge on any atom is -0.383 e. The lowest BCUT2D eigenvalue weighted by Crippen LogP contribution is -2.49. The molecule has 0 aromatic carbocycles. The summed E-state index contributed by atoms with van der Waals surface area (Å²) in [7, 11) is 1.59. The second kappa shape index (κ2) is 6.48. The van der Waals surface area contributed by atoms with Crippen LogP contribution in [0.3, 0.4) is 0 Å². The van der Waals surface area contributed by atoms with Crippen molar-refractivity contribution in [2.75, 3.05) is 26.8 Å². The van der Waals surface area contributed by atoms with Crippen LogP contribution in [0, 0.1) is 5.92 Å². The minimum atomic E-state index is -0.459. The fourth-order valence-electron chi connectivity index (χ4n) is 2.96. The highest BCUT2D eigenvalue weighted by molar-refractivity contribution is 5.83. The van der Waals surface area contributed by atoms with Crippen LogP contribution in [0.4, 0.5) is 0 Å². The maximum absolute atomic E-state index is 12.5. The van der Waals surface area contributed by atoms with Gasteiger partial charge in [-0.1, -0.05) is 6.42 Å². The lowest BCUT2D eigenvalue weighted by molar-refractivity contribution is -0.141. The molecule has 7 nitrogen and oxygen atoms in total. The highest BCUT2D eigenvalue weighted by Gasteiger charge is 2.36. The molecule has 0 bridgehead atoms. The van der Waals surface area contributed by atoms with Crippen molar-refractivity contribution in [2.45, 2.75) is 31.8 Å². The molecule has 1 N–H and O–H groups in total. The first-order valence-electron chi connectivity index (χ1n) is 7.78. The van der Waals surface area contributed by atoms with Crippen molar-refractivity contribution in [1.82, 2.24) is 20.0 Å². The molecule has 0 unspecified atom stereocenters. The molecule has 120 valence electrons. The SMILES string of the molecule is COCCNC(=O)[C@H]1CN(C(=O)C2CCC2)Cc2ccnn21. The number of carbonyl (C=O) groups excluding carboxylic acids is 2. The first-order chi connectivity index (χ1) is 10.7. The Morgan fingerprint density at radius 3 is 2.95 bits per heavy atom. The molecular formula is C15H22N4O3. The normalized spacial score (nSPS) is 21.1. The number of fused-ring (bicyclic) bond motifs is 1. The van der Waals surface area contributed by atoms with E-state index in [4.69, 9.17) is 4.74 Å². The summed E-state index contributed by atoms with van der Waals surface area (Å²) in [5, 5.41) is 7.08. The molecule has 22 heavy (non-hydrogen) atoms. The lowest BCUT2D eigenvalue weighted by atomic mass is 9.84. The Morgan fingerprint density at radius 2 is 2.27 bits per heavy atom. The van der Waals surface area contributed by atoms with Crippen LogP contribution in [0.15, 0.2) is 12.3 Å². The van der Waals surface area contributed by atoms with Crippen molar-refractivity contribution in [3.63, 3.8) is 0 Å². The summed E-state index contributed by atoms with van der Waals surface area (Å²) in [4.78, 5) is 26.7. The van der Waals surface area contributed by atoms with E-state index in [0.717, 1.165) is 25.0 Å². The summed E-state index contributed by atoms with van der Waals surface area (Å²) in [6.45, 7) is 1.86. The zero-order valence-corrected chi connectivity index (χ0v) is 12.8. The molecule has 1 atom stereocenters. The summed E-state index contributed by atoms with van der Waals surface area (Å²) in [5.41, 5.74) is 0.908. The second-order valence-electron chi connectivity index (χ2n) is 5.91. The third kappa shape index (κ3) is 2.85. The van der Waals surface area contributed by atoms with Crippen molar-refractivity contribution in [3.8, 4) is 0 Å². The Kier molecular flexibility index (Phi) is 4.42. The molecule has 7 heteroatoms. The van der Waals surface area contributed by atoms with Gasteiger partial charge in [0.2, 0.25) is 11.8 Å². The summed E-state index contributed by atoms with van der Waals surface area (Å²) in [6.07, 6.45) is 4.75. The van der Waals surface area contributed by atoms with Crippen LogP contribution in [0.2, 0.25) is 0 Å². The van der Waals surface area contributed by atoms with Crippen molar-refractivity contribution in [1.29, 1.82) is 0 Å². The fourth-order valence-corrected chi connectivity index (χ4v) is 2.96. The smallest absolute Gasteiger partial charge is 0.246 e. The van der Waals surface area contributed by atoms with Gasteiger partial charge in [-0.05, 0) is 18.9 Å². The van der Waals surface area contributed by atoms with E-state index in [9.17, 15) is 9.59 Å². The molecule has 0 saturated heterocycles. The molecule has 1 aromatic heterocycles. The van der Waals surface area contributed by atoms with Gasteiger partial charge in [-0.25, -0.2) is 0 Å². The van der Waals surface area contributed by atoms with E-state index in [1.165, 1.54) is 0 Å². The fraction of sp³-hybridized carbons (Fsp3) is 0.667. The molecule has 1 saturated carbocycles. The Hall–Kier alpha value is -1.89. The molecule has 3 rings (SSSR count). The molecule has 2 aliphatic rings. The highest BCUT2D eigenvalue weighted by atomic mass is 16.5. The van der Waals surface area contributed by atoms with Crippen LogP contribution in [-0.2, 0) is 20.9 Å². The lowest BCUT2D eigenvalue weighted by Gasteiger charge is -2.37.